The normalized spacial score (nSPS) is 20.7. The van der Waals surface area contributed by atoms with Gasteiger partial charge in [-0.15, -0.1) is 0 Å². The number of para-hydroxylation sites is 1. The number of benzene rings is 2. The Balaban J connectivity index is 1.77. The lowest BCUT2D eigenvalue weighted by atomic mass is 9.97. The summed E-state index contributed by atoms with van der Waals surface area (Å²) in [6.45, 7) is 11.5. The van der Waals surface area contributed by atoms with Crippen LogP contribution in [-0.2, 0) is 14.4 Å². The number of nitrogens with zero attached hydrogens (tertiary/aromatic N) is 4. The van der Waals surface area contributed by atoms with Crippen LogP contribution in [0, 0.1) is 19.8 Å². The molecule has 1 saturated heterocycles. The maximum Gasteiger partial charge on any atom is 0.321 e. The zero-order chi connectivity index (χ0) is 29.7. The highest BCUT2D eigenvalue weighted by molar-refractivity contribution is 6.15. The van der Waals surface area contributed by atoms with Crippen molar-refractivity contribution in [2.24, 2.45) is 10.9 Å². The van der Waals surface area contributed by atoms with Crippen molar-refractivity contribution < 1.29 is 19.2 Å². The molecule has 2 aromatic rings. The molecule has 2 N–H and O–H groups in total. The lowest BCUT2D eigenvalue weighted by Crippen LogP contribution is -2.63. The van der Waals surface area contributed by atoms with Crippen LogP contribution in [0.3, 0.4) is 0 Å². The summed E-state index contributed by atoms with van der Waals surface area (Å²) in [5, 5.41) is 8.77. The van der Waals surface area contributed by atoms with E-state index in [0.29, 0.717) is 61.7 Å². The molecule has 0 radical (unpaired) electrons. The number of fused-ring (bicyclic) bond motifs is 1. The number of aryl methyl sites for hydroxylation is 2. The van der Waals surface area contributed by atoms with Crippen LogP contribution in [0.25, 0.3) is 0 Å². The van der Waals surface area contributed by atoms with E-state index in [4.69, 9.17) is 0 Å². The molecule has 10 nitrogen and oxygen atoms in total. The van der Waals surface area contributed by atoms with Crippen LogP contribution in [0.4, 0.5) is 16.2 Å². The number of nitrogens with one attached hydrogen (secondary N) is 2. The van der Waals surface area contributed by atoms with Gasteiger partial charge in [0.05, 0.1) is 17.7 Å². The van der Waals surface area contributed by atoms with E-state index in [9.17, 15) is 19.2 Å². The third kappa shape index (κ3) is 6.09. The van der Waals surface area contributed by atoms with Crippen LogP contribution in [0.5, 0.6) is 0 Å². The van der Waals surface area contributed by atoms with E-state index in [2.05, 4.69) is 15.6 Å². The van der Waals surface area contributed by atoms with Gasteiger partial charge in [0.25, 0.3) is 5.91 Å². The first-order valence-corrected chi connectivity index (χ1v) is 14.1. The fraction of sp³-hybridized carbons (Fsp3) is 0.419. The van der Waals surface area contributed by atoms with E-state index in [0.717, 1.165) is 17.2 Å². The van der Waals surface area contributed by atoms with Crippen molar-refractivity contribution in [1.29, 1.82) is 0 Å². The molecule has 2 atom stereocenters. The Morgan fingerprint density at radius 3 is 2.56 bits per heavy atom. The molecule has 216 valence electrons. The maximum absolute atomic E-state index is 14.6. The highest BCUT2D eigenvalue weighted by atomic mass is 16.2. The van der Waals surface area contributed by atoms with E-state index < -0.39 is 17.6 Å². The van der Waals surface area contributed by atoms with Crippen molar-refractivity contribution in [3.8, 4) is 0 Å². The van der Waals surface area contributed by atoms with Gasteiger partial charge >= 0.3 is 6.03 Å². The van der Waals surface area contributed by atoms with Crippen LogP contribution < -0.4 is 15.6 Å². The second kappa shape index (κ2) is 12.5. The number of amides is 4. The molecule has 0 aliphatic carbocycles. The highest BCUT2D eigenvalue weighted by Gasteiger charge is 2.48. The molecular weight excluding hydrogens is 520 g/mol. The van der Waals surface area contributed by atoms with Crippen molar-refractivity contribution in [3.63, 3.8) is 0 Å². The largest absolute Gasteiger partial charge is 0.343 e. The van der Waals surface area contributed by atoms with Gasteiger partial charge < -0.3 is 15.5 Å². The summed E-state index contributed by atoms with van der Waals surface area (Å²) >= 11 is 0. The van der Waals surface area contributed by atoms with E-state index in [1.807, 2.05) is 61.9 Å². The second-order valence-electron chi connectivity index (χ2n) is 10.5. The first-order chi connectivity index (χ1) is 19.6. The molecule has 0 spiro atoms. The molecule has 0 aromatic heterocycles. The minimum Gasteiger partial charge on any atom is -0.343 e. The Hall–Kier alpha value is -4.27. The smallest absolute Gasteiger partial charge is 0.321 e. The number of carbonyl (C=O) groups excluding carboxylic acids is 4. The average molecular weight is 559 g/mol. The van der Waals surface area contributed by atoms with Crippen molar-refractivity contribution in [2.75, 3.05) is 36.5 Å². The topological polar surface area (TPSA) is 114 Å². The van der Waals surface area contributed by atoms with Gasteiger partial charge in [-0.3, -0.25) is 9.59 Å². The SMILES string of the molecule is CCN(CC)C(=O)C1CCCN(N2C(=O)C(C=C=O)(NC(=O)Nc3cccc(C)c3)N=C(C)c3cccc(C)c32)C1. The number of hydrogen-bond acceptors (Lipinski definition) is 6. The van der Waals surface area contributed by atoms with E-state index in [1.165, 1.54) is 5.01 Å². The Bertz CT molecular complexity index is 1410. The fourth-order valence-corrected chi connectivity index (χ4v) is 5.63. The van der Waals surface area contributed by atoms with Gasteiger partial charge in [-0.2, -0.15) is 0 Å². The summed E-state index contributed by atoms with van der Waals surface area (Å²) in [6, 6.07) is 12.1. The predicted molar refractivity (Wildman–Crippen MR) is 159 cm³/mol. The summed E-state index contributed by atoms with van der Waals surface area (Å²) in [5.74, 6) is 0.818. The monoisotopic (exact) mass is 558 g/mol. The number of urea groups is 1. The van der Waals surface area contributed by atoms with Gasteiger partial charge in [0.2, 0.25) is 11.6 Å². The zero-order valence-electron chi connectivity index (χ0n) is 24.4. The molecule has 2 heterocycles. The summed E-state index contributed by atoms with van der Waals surface area (Å²) in [7, 11) is 0. The van der Waals surface area contributed by atoms with E-state index >= 15 is 0 Å². The lowest BCUT2D eigenvalue weighted by molar-refractivity contribution is -0.138. The molecular formula is C31H38N6O4. The molecule has 4 rings (SSSR count). The summed E-state index contributed by atoms with van der Waals surface area (Å²) in [6.07, 6.45) is 2.35. The van der Waals surface area contributed by atoms with Crippen LogP contribution in [0.1, 0.15) is 50.3 Å². The van der Waals surface area contributed by atoms with Crippen LogP contribution in [0.2, 0.25) is 0 Å². The lowest BCUT2D eigenvalue weighted by Gasteiger charge is -2.43. The first-order valence-electron chi connectivity index (χ1n) is 14.1. The van der Waals surface area contributed by atoms with Crippen LogP contribution in [0.15, 0.2) is 53.5 Å². The molecule has 41 heavy (non-hydrogen) atoms. The van der Waals surface area contributed by atoms with Gasteiger partial charge in [0.15, 0.2) is 0 Å². The van der Waals surface area contributed by atoms with Gasteiger partial charge in [-0.25, -0.2) is 24.6 Å². The number of rotatable bonds is 7. The van der Waals surface area contributed by atoms with Gasteiger partial charge in [0, 0.05) is 43.1 Å². The first kappa shape index (κ1) is 29.7. The van der Waals surface area contributed by atoms with E-state index in [-0.39, 0.29) is 11.8 Å². The molecule has 1 fully saturated rings. The van der Waals surface area contributed by atoms with Gasteiger partial charge in [-0.05, 0) is 70.7 Å². The molecule has 2 aliphatic rings. The molecule has 0 bridgehead atoms. The standard InChI is InChI=1S/C31H38N6O4/c1-6-35(7-2)28(39)24-13-10-17-36(20-24)37-27-22(4)12-9-15-26(27)23(5)33-31(16-18-38,29(37)40)34-30(41)32-25-14-8-11-21(3)19-25/h8-9,11-12,14-16,19,24H,6-7,10,13,17,20H2,1-5H3,(H2,32,34,41). The predicted octanol–water partition coefficient (Wildman–Crippen LogP) is 3.86. The van der Waals surface area contributed by atoms with Gasteiger partial charge in [0.1, 0.15) is 5.94 Å². The Morgan fingerprint density at radius 1 is 1.15 bits per heavy atom. The average Bonchev–Trinajstić information content (AvgIpc) is 3.03. The molecule has 2 aromatic carbocycles. The van der Waals surface area contributed by atoms with Crippen molar-refractivity contribution in [2.45, 2.75) is 53.1 Å². The van der Waals surface area contributed by atoms with Crippen LogP contribution >= 0.6 is 0 Å². The number of hydrazine groups is 1. The fourth-order valence-electron chi connectivity index (χ4n) is 5.63. The molecule has 2 aliphatic heterocycles. The molecule has 2 unspecified atom stereocenters. The summed E-state index contributed by atoms with van der Waals surface area (Å²) in [4.78, 5) is 59.5. The highest BCUT2D eigenvalue weighted by Crippen LogP contribution is 2.35. The maximum atomic E-state index is 14.6. The number of benzodiazepines with no additional fused rings is 1. The number of carbonyl (C=O) groups is 3. The molecule has 4 amide bonds. The number of anilines is 2. The van der Waals surface area contributed by atoms with Crippen molar-refractivity contribution >= 4 is 40.9 Å². The zero-order valence-corrected chi connectivity index (χ0v) is 24.4. The van der Waals surface area contributed by atoms with Gasteiger partial charge in [-0.1, -0.05) is 30.3 Å². The number of piperidine rings is 1. The molecule has 10 heteroatoms. The van der Waals surface area contributed by atoms with E-state index in [1.54, 1.807) is 31.1 Å². The summed E-state index contributed by atoms with van der Waals surface area (Å²) in [5.41, 5.74) is 1.99. The second-order valence-corrected chi connectivity index (χ2v) is 10.5. The third-order valence-corrected chi connectivity index (χ3v) is 7.66. The van der Waals surface area contributed by atoms with Crippen molar-refractivity contribution in [1.82, 2.24) is 15.2 Å². The minimum atomic E-state index is -2.07. The number of hydrogen-bond donors (Lipinski definition) is 2. The van der Waals surface area contributed by atoms with Crippen molar-refractivity contribution in [3.05, 3.63) is 65.2 Å². The Kier molecular flexibility index (Phi) is 9.05. The number of aliphatic imine (C=N–C) groups is 1. The minimum absolute atomic E-state index is 0.0501. The Labute approximate surface area is 241 Å². The molecule has 0 saturated carbocycles. The third-order valence-electron chi connectivity index (χ3n) is 7.66. The van der Waals surface area contributed by atoms with Crippen LogP contribution in [-0.4, -0.2) is 71.2 Å². The quantitative estimate of drug-likeness (QED) is 0.501. The summed E-state index contributed by atoms with van der Waals surface area (Å²) < 4.78 is 0. The Morgan fingerprint density at radius 2 is 1.88 bits per heavy atom.